The lowest BCUT2D eigenvalue weighted by Gasteiger charge is -2.40. The van der Waals surface area contributed by atoms with E-state index in [0.29, 0.717) is 32.5 Å². The number of hydrogen-bond donors (Lipinski definition) is 0. The molecular weight excluding hydrogens is 518 g/mol. The van der Waals surface area contributed by atoms with Crippen LogP contribution in [0.5, 0.6) is 0 Å². The first-order valence-electron chi connectivity index (χ1n) is 13.0. The summed E-state index contributed by atoms with van der Waals surface area (Å²) in [4.78, 5) is 24.3. The van der Waals surface area contributed by atoms with E-state index in [9.17, 15) is 31.1 Å². The Labute approximate surface area is 216 Å². The summed E-state index contributed by atoms with van der Waals surface area (Å²) >= 11 is 0. The predicted octanol–water partition coefficient (Wildman–Crippen LogP) is 4.47. The summed E-state index contributed by atoms with van der Waals surface area (Å²) in [6.45, 7) is 1.46. The summed E-state index contributed by atoms with van der Waals surface area (Å²) in [5.41, 5.74) is -2.57. The fourth-order valence-electron chi connectivity index (χ4n) is 7.13. The van der Waals surface area contributed by atoms with Gasteiger partial charge in [0.1, 0.15) is 17.8 Å². The second-order valence-corrected chi connectivity index (χ2v) is 11.2. The summed E-state index contributed by atoms with van der Waals surface area (Å²) < 4.78 is 91.7. The Morgan fingerprint density at radius 1 is 1.16 bits per heavy atom. The number of amides is 1. The molecule has 6 atom stereocenters. The second kappa shape index (κ2) is 10.1. The summed E-state index contributed by atoms with van der Waals surface area (Å²) in [6, 6.07) is 0.211. The van der Waals surface area contributed by atoms with Crippen LogP contribution in [0.2, 0.25) is 0 Å². The SMILES string of the molecule is CO[C@@H]1COCC[C@@H]1C[C@@H]1CC[C@](CC(F)(F)F)(C(=O)N2C[C@@H]3C[C@H]2CN3c2cc(C(F)(F)F)ncn2)C1. The van der Waals surface area contributed by atoms with Crippen molar-refractivity contribution in [3.05, 3.63) is 18.1 Å². The summed E-state index contributed by atoms with van der Waals surface area (Å²) in [6.07, 6.45) is -6.64. The van der Waals surface area contributed by atoms with Gasteiger partial charge in [-0.25, -0.2) is 9.97 Å². The van der Waals surface area contributed by atoms with Gasteiger partial charge in [0.2, 0.25) is 5.91 Å². The van der Waals surface area contributed by atoms with Crippen LogP contribution in [-0.4, -0.2) is 78.6 Å². The number of halogens is 6. The lowest BCUT2D eigenvalue weighted by Crippen LogP contribution is -2.54. The normalized spacial score (nSPS) is 33.8. The summed E-state index contributed by atoms with van der Waals surface area (Å²) in [5, 5.41) is 0. The highest BCUT2D eigenvalue weighted by atomic mass is 19.4. The van der Waals surface area contributed by atoms with Gasteiger partial charge in [-0.2, -0.15) is 26.3 Å². The molecule has 212 valence electrons. The van der Waals surface area contributed by atoms with Gasteiger partial charge in [0.25, 0.3) is 0 Å². The van der Waals surface area contributed by atoms with Gasteiger partial charge in [-0.15, -0.1) is 0 Å². The Morgan fingerprint density at radius 3 is 2.61 bits per heavy atom. The molecule has 2 bridgehead atoms. The highest BCUT2D eigenvalue weighted by molar-refractivity contribution is 5.84. The number of rotatable bonds is 6. The molecule has 5 rings (SSSR count). The van der Waals surface area contributed by atoms with Crippen molar-refractivity contribution >= 4 is 11.7 Å². The topological polar surface area (TPSA) is 67.8 Å². The van der Waals surface area contributed by atoms with E-state index in [4.69, 9.17) is 9.47 Å². The van der Waals surface area contributed by atoms with Crippen molar-refractivity contribution in [2.45, 2.75) is 75.5 Å². The summed E-state index contributed by atoms with van der Waals surface area (Å²) in [5.74, 6) is -0.193. The van der Waals surface area contributed by atoms with Crippen molar-refractivity contribution in [3.8, 4) is 0 Å². The van der Waals surface area contributed by atoms with Crippen molar-refractivity contribution in [1.29, 1.82) is 0 Å². The molecule has 3 aliphatic heterocycles. The maximum absolute atomic E-state index is 13.8. The molecule has 3 saturated heterocycles. The second-order valence-electron chi connectivity index (χ2n) is 11.2. The van der Waals surface area contributed by atoms with Crippen molar-refractivity contribution < 1.29 is 40.6 Å². The molecular formula is C25H32F6N4O3. The van der Waals surface area contributed by atoms with Crippen LogP contribution in [0.3, 0.4) is 0 Å². The van der Waals surface area contributed by atoms with Gasteiger partial charge in [0.15, 0.2) is 0 Å². The van der Waals surface area contributed by atoms with Gasteiger partial charge >= 0.3 is 12.4 Å². The van der Waals surface area contributed by atoms with Crippen LogP contribution in [0.1, 0.15) is 50.6 Å². The van der Waals surface area contributed by atoms with Gasteiger partial charge < -0.3 is 19.3 Å². The van der Waals surface area contributed by atoms with Gasteiger partial charge in [-0.05, 0) is 50.4 Å². The first kappa shape index (κ1) is 27.4. The highest BCUT2D eigenvalue weighted by Gasteiger charge is 2.57. The van der Waals surface area contributed by atoms with Gasteiger partial charge in [0, 0.05) is 32.9 Å². The predicted molar refractivity (Wildman–Crippen MR) is 123 cm³/mol. The number of methoxy groups -OCH3 is 1. The molecule has 38 heavy (non-hydrogen) atoms. The Morgan fingerprint density at radius 2 is 1.95 bits per heavy atom. The van der Waals surface area contributed by atoms with E-state index in [2.05, 4.69) is 9.97 Å². The maximum atomic E-state index is 13.8. The van der Waals surface area contributed by atoms with Crippen LogP contribution in [-0.2, 0) is 20.4 Å². The van der Waals surface area contributed by atoms with Crippen molar-refractivity contribution in [2.24, 2.45) is 17.3 Å². The fourth-order valence-corrected chi connectivity index (χ4v) is 7.13. The quantitative estimate of drug-likeness (QED) is 0.488. The Balaban J connectivity index is 1.29. The maximum Gasteiger partial charge on any atom is 0.433 e. The molecule has 1 saturated carbocycles. The number of alkyl halides is 6. The third-order valence-electron chi connectivity index (χ3n) is 8.82. The average molecular weight is 551 g/mol. The third kappa shape index (κ3) is 5.45. The van der Waals surface area contributed by atoms with Crippen LogP contribution >= 0.6 is 0 Å². The zero-order chi connectivity index (χ0) is 27.3. The standard InChI is InChI=1S/C25H32F6N4O3/c1-37-19-12-38-5-3-16(19)6-15-2-4-23(9-15,13-24(26,27)28)22(36)35-11-17-7-18(35)10-34(17)21-8-20(25(29,30)31)32-14-33-21/h8,14-19H,2-7,9-13H2,1H3/t15-,16+,17-,18-,19+,23-/m0/s1. The Bertz CT molecular complexity index is 1020. The zero-order valence-electron chi connectivity index (χ0n) is 21.1. The molecule has 4 aliphatic rings. The van der Waals surface area contributed by atoms with Gasteiger partial charge in [0.05, 0.1) is 36.6 Å². The van der Waals surface area contributed by atoms with E-state index < -0.39 is 35.8 Å². The first-order chi connectivity index (χ1) is 17.9. The molecule has 4 heterocycles. The van der Waals surface area contributed by atoms with E-state index in [1.165, 1.54) is 0 Å². The minimum Gasteiger partial charge on any atom is -0.379 e. The van der Waals surface area contributed by atoms with Crippen molar-refractivity contribution in [2.75, 3.05) is 38.3 Å². The summed E-state index contributed by atoms with van der Waals surface area (Å²) in [7, 11) is 1.61. The van der Waals surface area contributed by atoms with Crippen molar-refractivity contribution in [1.82, 2.24) is 14.9 Å². The minimum absolute atomic E-state index is 0.0138. The van der Waals surface area contributed by atoms with E-state index in [0.717, 1.165) is 18.8 Å². The molecule has 1 amide bonds. The van der Waals surface area contributed by atoms with Gasteiger partial charge in [-0.3, -0.25) is 4.79 Å². The lowest BCUT2D eigenvalue weighted by atomic mass is 9.78. The van der Waals surface area contributed by atoms with Crippen LogP contribution in [0.15, 0.2) is 12.4 Å². The largest absolute Gasteiger partial charge is 0.433 e. The molecule has 0 radical (unpaired) electrons. The van der Waals surface area contributed by atoms with Crippen LogP contribution in [0.4, 0.5) is 32.2 Å². The van der Waals surface area contributed by atoms with E-state index in [-0.39, 0.29) is 61.8 Å². The third-order valence-corrected chi connectivity index (χ3v) is 8.82. The molecule has 4 fully saturated rings. The number of carbonyl (C=O) groups is 1. The monoisotopic (exact) mass is 550 g/mol. The molecule has 0 aromatic carbocycles. The zero-order valence-corrected chi connectivity index (χ0v) is 21.1. The van der Waals surface area contributed by atoms with Crippen LogP contribution in [0.25, 0.3) is 0 Å². The Kier molecular flexibility index (Phi) is 7.29. The molecule has 0 N–H and O–H groups in total. The van der Waals surface area contributed by atoms with Crippen molar-refractivity contribution in [3.63, 3.8) is 0 Å². The Hall–Kier alpha value is -2.15. The number of ether oxygens (including phenoxy) is 2. The highest BCUT2D eigenvalue weighted by Crippen LogP contribution is 2.53. The molecule has 13 heteroatoms. The molecule has 1 aliphatic carbocycles. The molecule has 7 nitrogen and oxygen atoms in total. The molecule has 0 unspecified atom stereocenters. The van der Waals surface area contributed by atoms with E-state index in [1.807, 2.05) is 0 Å². The minimum atomic E-state index is -4.62. The average Bonchev–Trinajstić information content (AvgIpc) is 3.58. The molecule has 1 aromatic rings. The number of hydrogen-bond acceptors (Lipinski definition) is 6. The van der Waals surface area contributed by atoms with Crippen LogP contribution < -0.4 is 4.90 Å². The number of likely N-dealkylation sites (tertiary alicyclic amines) is 1. The van der Waals surface area contributed by atoms with Crippen LogP contribution in [0, 0.1) is 17.3 Å². The first-order valence-corrected chi connectivity index (χ1v) is 13.0. The van der Waals surface area contributed by atoms with Gasteiger partial charge in [-0.1, -0.05) is 0 Å². The smallest absolute Gasteiger partial charge is 0.379 e. The number of aromatic nitrogens is 2. The number of fused-ring (bicyclic) bond motifs is 2. The van der Waals surface area contributed by atoms with E-state index >= 15 is 0 Å². The number of carbonyl (C=O) groups excluding carboxylic acids is 1. The molecule has 0 spiro atoms. The number of piperazine rings is 1. The lowest BCUT2D eigenvalue weighted by molar-refractivity contribution is -0.175. The number of anilines is 1. The number of nitrogens with zero attached hydrogens (tertiary/aromatic N) is 4. The fraction of sp³-hybridized carbons (Fsp3) is 0.800. The van der Waals surface area contributed by atoms with E-state index in [1.54, 1.807) is 16.9 Å². The molecule has 1 aromatic heterocycles.